The first-order valence-corrected chi connectivity index (χ1v) is 7.31. The third-order valence-corrected chi connectivity index (χ3v) is 3.70. The van der Waals surface area contributed by atoms with E-state index in [4.69, 9.17) is 0 Å². The molecule has 4 heteroatoms. The van der Waals surface area contributed by atoms with Gasteiger partial charge in [-0.05, 0) is 34.3 Å². The average Bonchev–Trinajstić information content (AvgIpc) is 2.48. The summed E-state index contributed by atoms with van der Waals surface area (Å²) in [5.41, 5.74) is 1.16. The lowest BCUT2D eigenvalue weighted by Gasteiger charge is -2.23. The number of halogens is 1. The molecule has 3 aromatic rings. The zero-order valence-corrected chi connectivity index (χ0v) is 12.7. The topological polar surface area (TPSA) is 29.0 Å². The van der Waals surface area contributed by atoms with Crippen LogP contribution in [0.1, 0.15) is 6.92 Å². The summed E-state index contributed by atoms with van der Waals surface area (Å²) in [6.07, 6.45) is 1.58. The maximum Gasteiger partial charge on any atom is 0.137 e. The Morgan fingerprint density at radius 2 is 1.85 bits per heavy atom. The summed E-state index contributed by atoms with van der Waals surface area (Å²) in [6, 6.07) is 16.7. The Kier molecular flexibility index (Phi) is 3.65. The molecule has 100 valence electrons. The highest BCUT2D eigenvalue weighted by Crippen LogP contribution is 2.31. The minimum absolute atomic E-state index is 0.793. The van der Waals surface area contributed by atoms with Gasteiger partial charge >= 0.3 is 0 Å². The fourth-order valence-electron chi connectivity index (χ4n) is 2.37. The van der Waals surface area contributed by atoms with Crippen molar-refractivity contribution in [2.24, 2.45) is 0 Å². The monoisotopic (exact) mass is 327 g/mol. The Bertz CT molecular complexity index is 737. The van der Waals surface area contributed by atoms with Gasteiger partial charge in [0.2, 0.25) is 0 Å². The van der Waals surface area contributed by atoms with Crippen molar-refractivity contribution in [1.82, 2.24) is 9.97 Å². The van der Waals surface area contributed by atoms with E-state index in [2.05, 4.69) is 80.2 Å². The third-order valence-electron chi connectivity index (χ3n) is 3.27. The van der Waals surface area contributed by atoms with E-state index in [0.717, 1.165) is 22.7 Å². The zero-order chi connectivity index (χ0) is 13.9. The fourth-order valence-corrected chi connectivity index (χ4v) is 2.67. The number of hydrogen-bond acceptors (Lipinski definition) is 3. The first-order valence-electron chi connectivity index (χ1n) is 6.52. The highest BCUT2D eigenvalue weighted by atomic mass is 79.9. The molecule has 0 saturated carbocycles. The molecule has 0 radical (unpaired) electrons. The van der Waals surface area contributed by atoms with E-state index in [9.17, 15) is 0 Å². The second-order valence-corrected chi connectivity index (χ2v) is 5.25. The Balaban J connectivity index is 2.17. The van der Waals surface area contributed by atoms with Gasteiger partial charge in [0.15, 0.2) is 0 Å². The van der Waals surface area contributed by atoms with Gasteiger partial charge in [0, 0.05) is 18.0 Å². The van der Waals surface area contributed by atoms with Gasteiger partial charge in [0.25, 0.3) is 0 Å². The number of benzene rings is 2. The van der Waals surface area contributed by atoms with Crippen LogP contribution in [0, 0.1) is 0 Å². The van der Waals surface area contributed by atoms with E-state index in [0.29, 0.717) is 0 Å². The van der Waals surface area contributed by atoms with E-state index in [1.54, 1.807) is 6.33 Å². The van der Waals surface area contributed by atoms with Gasteiger partial charge in [0.1, 0.15) is 16.7 Å². The molecule has 0 fully saturated rings. The van der Waals surface area contributed by atoms with Gasteiger partial charge in [0.05, 0.1) is 5.69 Å². The molecule has 3 rings (SSSR count). The summed E-state index contributed by atoms with van der Waals surface area (Å²) >= 11 is 3.40. The van der Waals surface area contributed by atoms with Crippen molar-refractivity contribution >= 4 is 38.2 Å². The van der Waals surface area contributed by atoms with Crippen LogP contribution in [0.2, 0.25) is 0 Å². The van der Waals surface area contributed by atoms with E-state index in [-0.39, 0.29) is 0 Å². The van der Waals surface area contributed by atoms with Crippen LogP contribution in [0.5, 0.6) is 0 Å². The highest BCUT2D eigenvalue weighted by Gasteiger charge is 2.12. The molecule has 3 nitrogen and oxygen atoms in total. The van der Waals surface area contributed by atoms with Crippen LogP contribution in [0.4, 0.5) is 11.5 Å². The van der Waals surface area contributed by atoms with E-state index >= 15 is 0 Å². The predicted molar refractivity (Wildman–Crippen MR) is 86.4 cm³/mol. The number of anilines is 2. The molecule has 0 saturated heterocycles. The van der Waals surface area contributed by atoms with Gasteiger partial charge in [-0.1, -0.05) is 36.4 Å². The fraction of sp³-hybridized carbons (Fsp3) is 0.125. The minimum atomic E-state index is 0.793. The smallest absolute Gasteiger partial charge is 0.137 e. The third kappa shape index (κ3) is 2.39. The van der Waals surface area contributed by atoms with E-state index in [1.807, 2.05) is 6.07 Å². The van der Waals surface area contributed by atoms with Crippen LogP contribution in [0.15, 0.2) is 59.5 Å². The van der Waals surface area contributed by atoms with Crippen LogP contribution in [0.3, 0.4) is 0 Å². The minimum Gasteiger partial charge on any atom is -0.326 e. The molecule has 0 bridgehead atoms. The number of hydrogen-bond donors (Lipinski definition) is 0. The lowest BCUT2D eigenvalue weighted by Crippen LogP contribution is -2.17. The van der Waals surface area contributed by atoms with Crippen LogP contribution in [-0.2, 0) is 0 Å². The van der Waals surface area contributed by atoms with Crippen molar-refractivity contribution in [2.45, 2.75) is 6.92 Å². The van der Waals surface area contributed by atoms with Gasteiger partial charge in [-0.25, -0.2) is 9.97 Å². The molecule has 0 aliphatic rings. The summed E-state index contributed by atoms with van der Waals surface area (Å²) in [7, 11) is 0. The number of rotatable bonds is 3. The van der Waals surface area contributed by atoms with E-state index in [1.165, 1.54) is 10.8 Å². The molecule has 0 N–H and O–H groups in total. The lowest BCUT2D eigenvalue weighted by atomic mass is 10.1. The van der Waals surface area contributed by atoms with Gasteiger partial charge in [-0.2, -0.15) is 0 Å². The second-order valence-electron chi connectivity index (χ2n) is 4.44. The van der Waals surface area contributed by atoms with Crippen molar-refractivity contribution in [1.29, 1.82) is 0 Å². The maximum atomic E-state index is 4.38. The van der Waals surface area contributed by atoms with Crippen molar-refractivity contribution in [3.63, 3.8) is 0 Å². The van der Waals surface area contributed by atoms with Crippen LogP contribution < -0.4 is 4.90 Å². The van der Waals surface area contributed by atoms with Crippen molar-refractivity contribution in [3.05, 3.63) is 59.5 Å². The van der Waals surface area contributed by atoms with Crippen molar-refractivity contribution < 1.29 is 0 Å². The Labute approximate surface area is 126 Å². The summed E-state index contributed by atoms with van der Waals surface area (Å²) in [5, 5.41) is 2.46. The van der Waals surface area contributed by atoms with Crippen molar-refractivity contribution in [3.8, 4) is 0 Å². The summed E-state index contributed by atoms with van der Waals surface area (Å²) < 4.78 is 0.793. The number of fused-ring (bicyclic) bond motifs is 1. The molecule has 0 aliphatic carbocycles. The quantitative estimate of drug-likeness (QED) is 0.661. The lowest BCUT2D eigenvalue weighted by molar-refractivity contribution is 0.975. The number of nitrogens with zero attached hydrogens (tertiary/aromatic N) is 3. The normalized spacial score (nSPS) is 10.7. The van der Waals surface area contributed by atoms with Gasteiger partial charge < -0.3 is 4.90 Å². The Hall–Kier alpha value is -1.94. The van der Waals surface area contributed by atoms with E-state index < -0.39 is 0 Å². The maximum absolute atomic E-state index is 4.38. The van der Waals surface area contributed by atoms with Crippen LogP contribution >= 0.6 is 15.9 Å². The zero-order valence-electron chi connectivity index (χ0n) is 11.1. The molecular weight excluding hydrogens is 314 g/mol. The van der Waals surface area contributed by atoms with Crippen LogP contribution in [-0.4, -0.2) is 16.5 Å². The molecule has 0 spiro atoms. The molecule has 0 amide bonds. The standard InChI is InChI=1S/C16H14BrN3/c1-2-20(16-10-15(17)18-11-19-16)14-9-5-7-12-6-3-4-8-13(12)14/h3-11H,2H2,1H3. The van der Waals surface area contributed by atoms with Gasteiger partial charge in [-0.3, -0.25) is 0 Å². The predicted octanol–water partition coefficient (Wildman–Crippen LogP) is 4.55. The summed E-state index contributed by atoms with van der Waals surface area (Å²) in [5.74, 6) is 0.894. The molecule has 0 atom stereocenters. The molecule has 1 aromatic heterocycles. The van der Waals surface area contributed by atoms with Gasteiger partial charge in [-0.15, -0.1) is 0 Å². The Morgan fingerprint density at radius 3 is 2.65 bits per heavy atom. The summed E-state index contributed by atoms with van der Waals surface area (Å²) in [4.78, 5) is 10.7. The average molecular weight is 328 g/mol. The highest BCUT2D eigenvalue weighted by molar-refractivity contribution is 9.10. The summed E-state index contributed by atoms with van der Waals surface area (Å²) in [6.45, 7) is 2.97. The first-order chi connectivity index (χ1) is 9.79. The molecule has 0 unspecified atom stereocenters. The molecule has 0 aliphatic heterocycles. The second kappa shape index (κ2) is 5.59. The molecule has 1 heterocycles. The van der Waals surface area contributed by atoms with Crippen molar-refractivity contribution in [2.75, 3.05) is 11.4 Å². The SMILES string of the molecule is CCN(c1cc(Br)ncn1)c1cccc2ccccc12. The van der Waals surface area contributed by atoms with Crippen LogP contribution in [0.25, 0.3) is 10.8 Å². The molecular formula is C16H14BrN3. The molecule has 20 heavy (non-hydrogen) atoms. The Morgan fingerprint density at radius 1 is 1.05 bits per heavy atom. The number of aromatic nitrogens is 2. The largest absolute Gasteiger partial charge is 0.326 e. The first kappa shape index (κ1) is 13.1. The molecule has 2 aromatic carbocycles.